The van der Waals surface area contributed by atoms with Crippen LogP contribution < -0.4 is 5.32 Å². The first-order valence-electron chi connectivity index (χ1n) is 7.46. The molecule has 0 heterocycles. The SMILES string of the molecule is Cc1cc(C)c(CC(CC(=O)O)NCCN(C)C)c(C)c1. The van der Waals surface area contributed by atoms with Gasteiger partial charge in [0.15, 0.2) is 0 Å². The number of carbonyl (C=O) groups is 1. The van der Waals surface area contributed by atoms with E-state index in [4.69, 9.17) is 5.11 Å². The number of hydrogen-bond donors (Lipinski definition) is 2. The average Bonchev–Trinajstić information content (AvgIpc) is 2.32. The van der Waals surface area contributed by atoms with Gasteiger partial charge in [0.1, 0.15) is 0 Å². The summed E-state index contributed by atoms with van der Waals surface area (Å²) in [5.74, 6) is -0.750. The number of nitrogens with one attached hydrogen (secondary N) is 1. The number of carboxylic acid groups (broad SMARTS) is 1. The van der Waals surface area contributed by atoms with E-state index in [1.807, 2.05) is 14.1 Å². The Hall–Kier alpha value is -1.39. The number of hydrogen-bond acceptors (Lipinski definition) is 3. The third-order valence-corrected chi connectivity index (χ3v) is 3.70. The Morgan fingerprint density at radius 2 is 1.81 bits per heavy atom. The molecule has 1 rings (SSSR count). The van der Waals surface area contributed by atoms with E-state index < -0.39 is 5.97 Å². The Labute approximate surface area is 128 Å². The first kappa shape index (κ1) is 17.7. The molecular formula is C17H28N2O2. The highest BCUT2D eigenvalue weighted by Gasteiger charge is 2.16. The highest BCUT2D eigenvalue weighted by molar-refractivity contribution is 5.67. The van der Waals surface area contributed by atoms with Crippen molar-refractivity contribution in [3.8, 4) is 0 Å². The summed E-state index contributed by atoms with van der Waals surface area (Å²) < 4.78 is 0. The zero-order valence-electron chi connectivity index (χ0n) is 13.9. The van der Waals surface area contributed by atoms with Crippen molar-refractivity contribution in [2.75, 3.05) is 27.2 Å². The molecule has 0 aliphatic carbocycles. The molecule has 0 aromatic heterocycles. The summed E-state index contributed by atoms with van der Waals surface area (Å²) in [4.78, 5) is 13.2. The van der Waals surface area contributed by atoms with Gasteiger partial charge in [-0.1, -0.05) is 17.7 Å². The second-order valence-electron chi connectivity index (χ2n) is 6.13. The van der Waals surface area contributed by atoms with Gasteiger partial charge in [-0.3, -0.25) is 4.79 Å². The third kappa shape index (κ3) is 6.27. The summed E-state index contributed by atoms with van der Waals surface area (Å²) in [6.07, 6.45) is 0.915. The highest BCUT2D eigenvalue weighted by Crippen LogP contribution is 2.19. The average molecular weight is 292 g/mol. The molecule has 0 saturated carbocycles. The Balaban J connectivity index is 2.78. The molecule has 1 aromatic carbocycles. The van der Waals surface area contributed by atoms with Gasteiger partial charge < -0.3 is 15.3 Å². The summed E-state index contributed by atoms with van der Waals surface area (Å²) in [5.41, 5.74) is 5.02. The molecule has 0 aliphatic heterocycles. The maximum Gasteiger partial charge on any atom is 0.304 e. The van der Waals surface area contributed by atoms with Crippen molar-refractivity contribution in [3.05, 3.63) is 34.4 Å². The Morgan fingerprint density at radius 1 is 1.24 bits per heavy atom. The van der Waals surface area contributed by atoms with Crippen molar-refractivity contribution in [3.63, 3.8) is 0 Å². The largest absolute Gasteiger partial charge is 0.481 e. The van der Waals surface area contributed by atoms with E-state index in [0.29, 0.717) is 0 Å². The Kier molecular flexibility index (Phi) is 6.85. The molecule has 4 nitrogen and oxygen atoms in total. The molecule has 0 bridgehead atoms. The smallest absolute Gasteiger partial charge is 0.304 e. The van der Waals surface area contributed by atoms with E-state index in [1.54, 1.807) is 0 Å². The molecule has 1 aromatic rings. The molecular weight excluding hydrogens is 264 g/mol. The molecule has 4 heteroatoms. The maximum atomic E-state index is 11.1. The van der Waals surface area contributed by atoms with E-state index in [-0.39, 0.29) is 12.5 Å². The second kappa shape index (κ2) is 8.15. The lowest BCUT2D eigenvalue weighted by molar-refractivity contribution is -0.137. The van der Waals surface area contributed by atoms with Crippen LogP contribution in [0.4, 0.5) is 0 Å². The van der Waals surface area contributed by atoms with Crippen LogP contribution in [0.25, 0.3) is 0 Å². The number of aliphatic carboxylic acids is 1. The van der Waals surface area contributed by atoms with Crippen LogP contribution in [-0.2, 0) is 11.2 Å². The molecule has 0 fully saturated rings. The van der Waals surface area contributed by atoms with Crippen molar-refractivity contribution in [1.82, 2.24) is 10.2 Å². The molecule has 2 N–H and O–H groups in total. The predicted octanol–water partition coefficient (Wildman–Crippen LogP) is 2.15. The van der Waals surface area contributed by atoms with Gasteiger partial charge in [-0.25, -0.2) is 0 Å². The quantitative estimate of drug-likeness (QED) is 0.771. The van der Waals surface area contributed by atoms with Crippen molar-refractivity contribution in [2.24, 2.45) is 0 Å². The fourth-order valence-corrected chi connectivity index (χ4v) is 2.70. The summed E-state index contributed by atoms with van der Waals surface area (Å²) in [5, 5.41) is 12.5. The lowest BCUT2D eigenvalue weighted by atomic mass is 9.93. The predicted molar refractivity (Wildman–Crippen MR) is 87.0 cm³/mol. The van der Waals surface area contributed by atoms with Crippen LogP contribution in [0, 0.1) is 20.8 Å². The summed E-state index contributed by atoms with van der Waals surface area (Å²) in [6.45, 7) is 8.00. The number of rotatable bonds is 8. The van der Waals surface area contributed by atoms with Gasteiger partial charge in [-0.05, 0) is 58.0 Å². The van der Waals surface area contributed by atoms with Gasteiger partial charge in [0, 0.05) is 19.1 Å². The van der Waals surface area contributed by atoms with E-state index in [2.05, 4.69) is 43.1 Å². The van der Waals surface area contributed by atoms with Gasteiger partial charge in [0.05, 0.1) is 6.42 Å². The Morgan fingerprint density at radius 3 is 2.29 bits per heavy atom. The van der Waals surface area contributed by atoms with Crippen LogP contribution in [0.2, 0.25) is 0 Å². The number of benzene rings is 1. The number of carboxylic acids is 1. The van der Waals surface area contributed by atoms with Crippen molar-refractivity contribution >= 4 is 5.97 Å². The van der Waals surface area contributed by atoms with E-state index in [9.17, 15) is 4.79 Å². The normalized spacial score (nSPS) is 12.7. The lowest BCUT2D eigenvalue weighted by Crippen LogP contribution is -2.38. The van der Waals surface area contributed by atoms with Crippen LogP contribution in [0.15, 0.2) is 12.1 Å². The van der Waals surface area contributed by atoms with Crippen LogP contribution >= 0.6 is 0 Å². The van der Waals surface area contributed by atoms with Crippen LogP contribution in [0.1, 0.15) is 28.7 Å². The third-order valence-electron chi connectivity index (χ3n) is 3.70. The molecule has 0 amide bonds. The fourth-order valence-electron chi connectivity index (χ4n) is 2.70. The standard InChI is InChI=1S/C17H28N2O2/c1-12-8-13(2)16(14(3)9-12)10-15(11-17(20)21)18-6-7-19(4)5/h8-9,15,18H,6-7,10-11H2,1-5H3,(H,20,21). The van der Waals surface area contributed by atoms with Crippen LogP contribution in [-0.4, -0.2) is 49.2 Å². The molecule has 118 valence electrons. The molecule has 1 atom stereocenters. The highest BCUT2D eigenvalue weighted by atomic mass is 16.4. The molecule has 1 unspecified atom stereocenters. The number of nitrogens with zero attached hydrogens (tertiary/aromatic N) is 1. The molecule has 0 spiro atoms. The zero-order valence-corrected chi connectivity index (χ0v) is 13.9. The minimum absolute atomic E-state index is 0.0254. The zero-order chi connectivity index (χ0) is 16.0. The fraction of sp³-hybridized carbons (Fsp3) is 0.588. The van der Waals surface area contributed by atoms with Crippen molar-refractivity contribution < 1.29 is 9.90 Å². The monoisotopic (exact) mass is 292 g/mol. The molecule has 0 saturated heterocycles. The molecule has 21 heavy (non-hydrogen) atoms. The van der Waals surface area contributed by atoms with Gasteiger partial charge in [-0.2, -0.15) is 0 Å². The Bertz CT molecular complexity index is 461. The minimum Gasteiger partial charge on any atom is -0.481 e. The first-order chi connectivity index (χ1) is 9.79. The van der Waals surface area contributed by atoms with Gasteiger partial charge >= 0.3 is 5.97 Å². The van der Waals surface area contributed by atoms with Crippen LogP contribution in [0.3, 0.4) is 0 Å². The molecule has 0 radical (unpaired) electrons. The topological polar surface area (TPSA) is 52.6 Å². The summed E-state index contributed by atoms with van der Waals surface area (Å²) in [7, 11) is 4.03. The summed E-state index contributed by atoms with van der Waals surface area (Å²) >= 11 is 0. The summed E-state index contributed by atoms with van der Waals surface area (Å²) in [6, 6.07) is 4.31. The first-order valence-corrected chi connectivity index (χ1v) is 7.46. The van der Waals surface area contributed by atoms with Crippen molar-refractivity contribution in [1.29, 1.82) is 0 Å². The van der Waals surface area contributed by atoms with E-state index >= 15 is 0 Å². The number of aryl methyl sites for hydroxylation is 3. The van der Waals surface area contributed by atoms with Gasteiger partial charge in [0.2, 0.25) is 0 Å². The van der Waals surface area contributed by atoms with E-state index in [1.165, 1.54) is 22.3 Å². The minimum atomic E-state index is -0.750. The lowest BCUT2D eigenvalue weighted by Gasteiger charge is -2.21. The molecule has 0 aliphatic rings. The maximum absolute atomic E-state index is 11.1. The van der Waals surface area contributed by atoms with Gasteiger partial charge in [-0.15, -0.1) is 0 Å². The van der Waals surface area contributed by atoms with Crippen molar-refractivity contribution in [2.45, 2.75) is 39.7 Å². The number of likely N-dealkylation sites (N-methyl/N-ethyl adjacent to an activating group) is 1. The van der Waals surface area contributed by atoms with E-state index in [0.717, 1.165) is 19.5 Å². The van der Waals surface area contributed by atoms with Gasteiger partial charge in [0.25, 0.3) is 0 Å². The van der Waals surface area contributed by atoms with Crippen LogP contribution in [0.5, 0.6) is 0 Å². The second-order valence-corrected chi connectivity index (χ2v) is 6.13.